The maximum absolute atomic E-state index is 11.9. The van der Waals surface area contributed by atoms with E-state index >= 15 is 0 Å². The SMILES string of the molecule is Cc1ccc(C(=O)C=CNc2ccccc2Br)cc1. The van der Waals surface area contributed by atoms with Crippen LogP contribution < -0.4 is 5.32 Å². The van der Waals surface area contributed by atoms with E-state index in [2.05, 4.69) is 21.2 Å². The van der Waals surface area contributed by atoms with Crippen LogP contribution in [0.5, 0.6) is 0 Å². The number of hydrogen-bond acceptors (Lipinski definition) is 2. The normalized spacial score (nSPS) is 10.6. The molecule has 0 atom stereocenters. The van der Waals surface area contributed by atoms with Crippen molar-refractivity contribution in [3.05, 3.63) is 76.4 Å². The molecular weight excluding hydrogens is 302 g/mol. The molecule has 0 unspecified atom stereocenters. The second kappa shape index (κ2) is 6.34. The van der Waals surface area contributed by atoms with Crippen molar-refractivity contribution in [2.24, 2.45) is 0 Å². The number of para-hydroxylation sites is 1. The Balaban J connectivity index is 2.01. The quantitative estimate of drug-likeness (QED) is 0.661. The van der Waals surface area contributed by atoms with Gasteiger partial charge in [-0.3, -0.25) is 4.79 Å². The van der Waals surface area contributed by atoms with Gasteiger partial charge in [-0.25, -0.2) is 0 Å². The highest BCUT2D eigenvalue weighted by Gasteiger charge is 2.00. The Labute approximate surface area is 121 Å². The largest absolute Gasteiger partial charge is 0.361 e. The van der Waals surface area contributed by atoms with E-state index in [4.69, 9.17) is 0 Å². The first-order valence-corrected chi connectivity index (χ1v) is 6.75. The third kappa shape index (κ3) is 3.80. The van der Waals surface area contributed by atoms with Gasteiger partial charge in [-0.2, -0.15) is 0 Å². The summed E-state index contributed by atoms with van der Waals surface area (Å²) in [6.07, 6.45) is 3.19. The Kier molecular flexibility index (Phi) is 4.53. The van der Waals surface area contributed by atoms with Crippen LogP contribution in [0.3, 0.4) is 0 Å². The average Bonchev–Trinajstić information content (AvgIpc) is 2.41. The zero-order valence-corrected chi connectivity index (χ0v) is 12.1. The van der Waals surface area contributed by atoms with Gasteiger partial charge in [-0.15, -0.1) is 0 Å². The van der Waals surface area contributed by atoms with E-state index in [0.717, 1.165) is 15.7 Å². The predicted molar refractivity (Wildman–Crippen MR) is 82.4 cm³/mol. The molecule has 0 saturated carbocycles. The third-order valence-electron chi connectivity index (χ3n) is 2.68. The Bertz CT molecular complexity index is 602. The van der Waals surface area contributed by atoms with E-state index in [9.17, 15) is 4.79 Å². The highest BCUT2D eigenvalue weighted by molar-refractivity contribution is 9.10. The summed E-state index contributed by atoms with van der Waals surface area (Å²) in [6.45, 7) is 2.00. The Morgan fingerprint density at radius 2 is 1.79 bits per heavy atom. The smallest absolute Gasteiger partial charge is 0.187 e. The number of benzene rings is 2. The molecular formula is C16H14BrNO. The van der Waals surface area contributed by atoms with Crippen molar-refractivity contribution in [1.29, 1.82) is 0 Å². The summed E-state index contributed by atoms with van der Waals surface area (Å²) in [7, 11) is 0. The molecule has 0 aliphatic carbocycles. The van der Waals surface area contributed by atoms with Crippen molar-refractivity contribution < 1.29 is 4.79 Å². The summed E-state index contributed by atoms with van der Waals surface area (Å²) >= 11 is 3.44. The second-order valence-electron chi connectivity index (χ2n) is 4.19. The number of anilines is 1. The van der Waals surface area contributed by atoms with Gasteiger partial charge in [0.1, 0.15) is 0 Å². The first kappa shape index (κ1) is 13.6. The van der Waals surface area contributed by atoms with Crippen LogP contribution in [0.25, 0.3) is 0 Å². The second-order valence-corrected chi connectivity index (χ2v) is 5.04. The molecule has 2 aromatic rings. The predicted octanol–water partition coefficient (Wildman–Crippen LogP) is 4.57. The molecule has 0 bridgehead atoms. The van der Waals surface area contributed by atoms with Gasteiger partial charge in [0.05, 0.1) is 5.69 Å². The number of nitrogens with one attached hydrogen (secondary N) is 1. The van der Waals surface area contributed by atoms with Crippen molar-refractivity contribution in [3.8, 4) is 0 Å². The summed E-state index contributed by atoms with van der Waals surface area (Å²) < 4.78 is 0.961. The number of rotatable bonds is 4. The van der Waals surface area contributed by atoms with Crippen LogP contribution in [0.2, 0.25) is 0 Å². The lowest BCUT2D eigenvalue weighted by molar-refractivity contribution is 0.104. The van der Waals surface area contributed by atoms with E-state index in [0.29, 0.717) is 5.56 Å². The molecule has 0 saturated heterocycles. The standard InChI is InChI=1S/C16H14BrNO/c1-12-6-8-13(9-7-12)16(19)10-11-18-15-5-3-2-4-14(15)17/h2-11,18H,1H3. The lowest BCUT2D eigenvalue weighted by Crippen LogP contribution is -1.96. The van der Waals surface area contributed by atoms with Crippen LogP contribution in [0.4, 0.5) is 5.69 Å². The highest BCUT2D eigenvalue weighted by Crippen LogP contribution is 2.20. The fraction of sp³-hybridized carbons (Fsp3) is 0.0625. The van der Waals surface area contributed by atoms with Gasteiger partial charge >= 0.3 is 0 Å². The maximum atomic E-state index is 11.9. The molecule has 2 aromatic carbocycles. The van der Waals surface area contributed by atoms with Gasteiger partial charge in [0.15, 0.2) is 5.78 Å². The minimum Gasteiger partial charge on any atom is -0.361 e. The molecule has 2 rings (SSSR count). The summed E-state index contributed by atoms with van der Waals surface area (Å²) in [4.78, 5) is 11.9. The Morgan fingerprint density at radius 3 is 2.47 bits per heavy atom. The van der Waals surface area contributed by atoms with E-state index in [1.165, 1.54) is 6.08 Å². The first-order valence-electron chi connectivity index (χ1n) is 5.95. The molecule has 96 valence electrons. The molecule has 0 aliphatic heterocycles. The van der Waals surface area contributed by atoms with Crippen LogP contribution in [0.1, 0.15) is 15.9 Å². The van der Waals surface area contributed by atoms with Crippen LogP contribution in [-0.4, -0.2) is 5.78 Å². The van der Waals surface area contributed by atoms with Crippen molar-refractivity contribution in [3.63, 3.8) is 0 Å². The monoisotopic (exact) mass is 315 g/mol. The van der Waals surface area contributed by atoms with Gasteiger partial charge in [-0.05, 0) is 35.0 Å². The van der Waals surface area contributed by atoms with Gasteiger partial charge < -0.3 is 5.32 Å². The molecule has 0 aliphatic rings. The van der Waals surface area contributed by atoms with Gasteiger partial charge in [0.25, 0.3) is 0 Å². The Morgan fingerprint density at radius 1 is 1.11 bits per heavy atom. The molecule has 0 amide bonds. The summed E-state index contributed by atoms with van der Waals surface area (Å²) in [5, 5.41) is 3.08. The molecule has 0 aromatic heterocycles. The van der Waals surface area contributed by atoms with E-state index in [-0.39, 0.29) is 5.78 Å². The number of allylic oxidation sites excluding steroid dienone is 1. The Hall–Kier alpha value is -1.87. The number of aryl methyl sites for hydroxylation is 1. The summed E-state index contributed by atoms with van der Waals surface area (Å²) in [5.74, 6) is -0.0143. The number of halogens is 1. The number of ketones is 1. The lowest BCUT2D eigenvalue weighted by atomic mass is 10.1. The maximum Gasteiger partial charge on any atom is 0.187 e. The van der Waals surface area contributed by atoms with E-state index < -0.39 is 0 Å². The summed E-state index contributed by atoms with van der Waals surface area (Å²) in [6, 6.07) is 15.3. The fourth-order valence-electron chi connectivity index (χ4n) is 1.60. The molecule has 0 radical (unpaired) electrons. The molecule has 3 heteroatoms. The zero-order valence-electron chi connectivity index (χ0n) is 10.6. The molecule has 2 nitrogen and oxygen atoms in total. The van der Waals surface area contributed by atoms with Crippen molar-refractivity contribution in [2.45, 2.75) is 6.92 Å². The number of carbonyl (C=O) groups excluding carboxylic acids is 1. The van der Waals surface area contributed by atoms with Crippen LogP contribution in [0, 0.1) is 6.92 Å². The van der Waals surface area contributed by atoms with Crippen LogP contribution >= 0.6 is 15.9 Å². The number of carbonyl (C=O) groups is 1. The van der Waals surface area contributed by atoms with E-state index in [1.54, 1.807) is 6.20 Å². The van der Waals surface area contributed by atoms with Crippen LogP contribution in [0.15, 0.2) is 65.3 Å². The zero-order chi connectivity index (χ0) is 13.7. The molecule has 19 heavy (non-hydrogen) atoms. The molecule has 0 heterocycles. The van der Waals surface area contributed by atoms with Crippen molar-refractivity contribution in [1.82, 2.24) is 0 Å². The molecule has 0 spiro atoms. The summed E-state index contributed by atoms with van der Waals surface area (Å²) in [5.41, 5.74) is 2.76. The van der Waals surface area contributed by atoms with Gasteiger partial charge in [-0.1, -0.05) is 42.0 Å². The molecule has 0 fully saturated rings. The minimum absolute atomic E-state index is 0.0143. The molecule has 1 N–H and O–H groups in total. The fourth-order valence-corrected chi connectivity index (χ4v) is 2.00. The van der Waals surface area contributed by atoms with Crippen LogP contribution in [-0.2, 0) is 0 Å². The topological polar surface area (TPSA) is 29.1 Å². The first-order chi connectivity index (χ1) is 9.16. The van der Waals surface area contributed by atoms with Crippen molar-refractivity contribution >= 4 is 27.4 Å². The van der Waals surface area contributed by atoms with Gasteiger partial charge in [0, 0.05) is 22.3 Å². The average molecular weight is 316 g/mol. The number of hydrogen-bond donors (Lipinski definition) is 1. The highest BCUT2D eigenvalue weighted by atomic mass is 79.9. The van der Waals surface area contributed by atoms with Crippen molar-refractivity contribution in [2.75, 3.05) is 5.32 Å². The lowest BCUT2D eigenvalue weighted by Gasteiger charge is -2.02. The van der Waals surface area contributed by atoms with Gasteiger partial charge in [0.2, 0.25) is 0 Å². The minimum atomic E-state index is -0.0143. The third-order valence-corrected chi connectivity index (χ3v) is 3.37. The van der Waals surface area contributed by atoms with E-state index in [1.807, 2.05) is 55.5 Å².